The molecule has 1 aromatic rings. The lowest BCUT2D eigenvalue weighted by molar-refractivity contribution is -0.135. The van der Waals surface area contributed by atoms with Crippen LogP contribution >= 0.6 is 0 Å². The summed E-state index contributed by atoms with van der Waals surface area (Å²) in [5.41, 5.74) is 1.67. The van der Waals surface area contributed by atoms with Crippen LogP contribution in [0.4, 0.5) is 10.5 Å². The zero-order chi connectivity index (χ0) is 15.1. The number of carbonyl (C=O) groups is 2. The van der Waals surface area contributed by atoms with Crippen molar-refractivity contribution in [3.63, 3.8) is 0 Å². The van der Waals surface area contributed by atoms with E-state index in [-0.39, 0.29) is 12.6 Å². The molecule has 110 valence electrons. The van der Waals surface area contributed by atoms with Gasteiger partial charge in [-0.2, -0.15) is 0 Å². The minimum atomic E-state index is -1.03. The van der Waals surface area contributed by atoms with Gasteiger partial charge in [-0.3, -0.25) is 9.69 Å². The summed E-state index contributed by atoms with van der Waals surface area (Å²) in [5.74, 6) is -1.03. The molecule has 0 aliphatic rings. The minimum absolute atomic E-state index is 0.287. The van der Waals surface area contributed by atoms with Crippen molar-refractivity contribution in [2.24, 2.45) is 0 Å². The van der Waals surface area contributed by atoms with Crippen molar-refractivity contribution in [2.45, 2.75) is 26.7 Å². The Labute approximate surface area is 119 Å². The third-order valence-corrected chi connectivity index (χ3v) is 3.04. The second-order valence-electron chi connectivity index (χ2n) is 4.87. The molecule has 1 N–H and O–H groups in total. The summed E-state index contributed by atoms with van der Waals surface area (Å²) in [4.78, 5) is 26.2. The maximum atomic E-state index is 12.4. The predicted octanol–water partition coefficient (Wildman–Crippen LogP) is 2.74. The number of urea groups is 1. The fourth-order valence-electron chi connectivity index (χ4n) is 1.83. The Hall–Kier alpha value is -2.04. The molecule has 1 rings (SSSR count). The zero-order valence-electron chi connectivity index (χ0n) is 12.3. The quantitative estimate of drug-likeness (QED) is 0.870. The molecule has 5 heteroatoms. The van der Waals surface area contributed by atoms with Gasteiger partial charge in [0.1, 0.15) is 6.54 Å². The van der Waals surface area contributed by atoms with Gasteiger partial charge in [-0.1, -0.05) is 31.0 Å². The molecule has 20 heavy (non-hydrogen) atoms. The lowest BCUT2D eigenvalue weighted by Gasteiger charge is -2.27. The lowest BCUT2D eigenvalue weighted by atomic mass is 10.2. The van der Waals surface area contributed by atoms with Gasteiger partial charge in [0.2, 0.25) is 0 Å². The number of carbonyl (C=O) groups excluding carboxylic acids is 1. The fraction of sp³-hybridized carbons (Fsp3) is 0.467. The molecule has 0 aliphatic heterocycles. The molecule has 0 radical (unpaired) electrons. The first kappa shape index (κ1) is 16.0. The van der Waals surface area contributed by atoms with Crippen LogP contribution in [0.5, 0.6) is 0 Å². The van der Waals surface area contributed by atoms with Crippen molar-refractivity contribution in [2.75, 3.05) is 25.0 Å². The van der Waals surface area contributed by atoms with Crippen molar-refractivity contribution < 1.29 is 14.7 Å². The van der Waals surface area contributed by atoms with E-state index in [1.54, 1.807) is 24.1 Å². The van der Waals surface area contributed by atoms with Crippen LogP contribution < -0.4 is 4.90 Å². The molecule has 0 heterocycles. The fourth-order valence-corrected chi connectivity index (χ4v) is 1.83. The molecule has 0 unspecified atom stereocenters. The van der Waals surface area contributed by atoms with Gasteiger partial charge in [0.05, 0.1) is 0 Å². The van der Waals surface area contributed by atoms with Crippen molar-refractivity contribution in [1.29, 1.82) is 0 Å². The van der Waals surface area contributed by atoms with Crippen LogP contribution in [0.1, 0.15) is 25.3 Å². The zero-order valence-corrected chi connectivity index (χ0v) is 12.3. The number of benzene rings is 1. The summed E-state index contributed by atoms with van der Waals surface area (Å²) in [6, 6.07) is 6.98. The smallest absolute Gasteiger partial charge is 0.324 e. The summed E-state index contributed by atoms with van der Waals surface area (Å²) in [5, 5.41) is 8.99. The van der Waals surface area contributed by atoms with Gasteiger partial charge in [-0.15, -0.1) is 0 Å². The van der Waals surface area contributed by atoms with Gasteiger partial charge in [0.15, 0.2) is 0 Å². The Morgan fingerprint density at radius 3 is 2.30 bits per heavy atom. The maximum Gasteiger partial charge on any atom is 0.324 e. The van der Waals surface area contributed by atoms with E-state index in [1.807, 2.05) is 26.0 Å². The molecule has 0 atom stereocenters. The molecule has 0 bridgehead atoms. The van der Waals surface area contributed by atoms with E-state index in [9.17, 15) is 9.59 Å². The van der Waals surface area contributed by atoms with Crippen LogP contribution in [0.25, 0.3) is 0 Å². The number of amides is 2. The number of hydrogen-bond donors (Lipinski definition) is 1. The van der Waals surface area contributed by atoms with Gasteiger partial charge in [-0.25, -0.2) is 4.79 Å². The number of hydrogen-bond acceptors (Lipinski definition) is 2. The predicted molar refractivity (Wildman–Crippen MR) is 79.1 cm³/mol. The van der Waals surface area contributed by atoms with Crippen molar-refractivity contribution in [3.8, 4) is 0 Å². The molecule has 2 amide bonds. The average Bonchev–Trinajstić information content (AvgIpc) is 2.42. The Bertz CT molecular complexity index is 457. The Morgan fingerprint density at radius 2 is 1.80 bits per heavy atom. The maximum absolute atomic E-state index is 12.4. The Balaban J connectivity index is 2.91. The summed E-state index contributed by atoms with van der Waals surface area (Å²) in [7, 11) is 1.70. The topological polar surface area (TPSA) is 60.9 Å². The number of unbranched alkanes of at least 4 members (excludes halogenated alkanes) is 1. The lowest BCUT2D eigenvalue weighted by Crippen LogP contribution is -2.44. The number of aliphatic carboxylic acids is 1. The number of nitrogens with zero attached hydrogens (tertiary/aromatic N) is 2. The van der Waals surface area contributed by atoms with E-state index in [0.717, 1.165) is 18.4 Å². The highest BCUT2D eigenvalue weighted by atomic mass is 16.4. The van der Waals surface area contributed by atoms with Crippen LogP contribution in [-0.2, 0) is 4.79 Å². The highest BCUT2D eigenvalue weighted by molar-refractivity contribution is 5.96. The largest absolute Gasteiger partial charge is 0.480 e. The molecule has 0 aliphatic carbocycles. The number of carboxylic acid groups (broad SMARTS) is 1. The molecule has 0 fully saturated rings. The monoisotopic (exact) mass is 278 g/mol. The SMILES string of the molecule is CCCCN(C)C(=O)N(CC(=O)O)c1ccc(C)cc1. The first-order chi connectivity index (χ1) is 9.45. The van der Waals surface area contributed by atoms with Crippen LogP contribution in [-0.4, -0.2) is 42.1 Å². The van der Waals surface area contributed by atoms with Gasteiger partial charge >= 0.3 is 12.0 Å². The summed E-state index contributed by atoms with van der Waals surface area (Å²) >= 11 is 0. The van der Waals surface area contributed by atoms with Crippen LogP contribution in [0.15, 0.2) is 24.3 Å². The average molecular weight is 278 g/mol. The summed E-state index contributed by atoms with van der Waals surface area (Å²) < 4.78 is 0. The van der Waals surface area contributed by atoms with Crippen LogP contribution in [0.2, 0.25) is 0 Å². The molecule has 5 nitrogen and oxygen atoms in total. The normalized spacial score (nSPS) is 10.2. The molecule has 0 aromatic heterocycles. The number of aryl methyl sites for hydroxylation is 1. The van der Waals surface area contributed by atoms with E-state index >= 15 is 0 Å². The number of carboxylic acids is 1. The molecule has 0 saturated heterocycles. The molecule has 1 aromatic carbocycles. The first-order valence-electron chi connectivity index (χ1n) is 6.76. The van der Waals surface area contributed by atoms with E-state index in [1.165, 1.54) is 4.90 Å². The highest BCUT2D eigenvalue weighted by Crippen LogP contribution is 2.16. The third kappa shape index (κ3) is 4.57. The van der Waals surface area contributed by atoms with E-state index in [2.05, 4.69) is 0 Å². The van der Waals surface area contributed by atoms with Crippen molar-refractivity contribution in [3.05, 3.63) is 29.8 Å². The number of anilines is 1. The van der Waals surface area contributed by atoms with Gasteiger partial charge in [0, 0.05) is 19.3 Å². The van der Waals surface area contributed by atoms with Gasteiger partial charge in [-0.05, 0) is 25.5 Å². The van der Waals surface area contributed by atoms with Gasteiger partial charge < -0.3 is 10.0 Å². The Kier molecular flexibility index (Phi) is 6.03. The second kappa shape index (κ2) is 7.53. The minimum Gasteiger partial charge on any atom is -0.480 e. The van der Waals surface area contributed by atoms with E-state index in [4.69, 9.17) is 5.11 Å². The van der Waals surface area contributed by atoms with Crippen LogP contribution in [0, 0.1) is 6.92 Å². The second-order valence-corrected chi connectivity index (χ2v) is 4.87. The molecular formula is C15H22N2O3. The highest BCUT2D eigenvalue weighted by Gasteiger charge is 2.21. The van der Waals surface area contributed by atoms with Crippen molar-refractivity contribution >= 4 is 17.7 Å². The van der Waals surface area contributed by atoms with Crippen LogP contribution in [0.3, 0.4) is 0 Å². The molecule has 0 spiro atoms. The standard InChI is InChI=1S/C15H22N2O3/c1-4-5-10-16(3)15(20)17(11-14(18)19)13-8-6-12(2)7-9-13/h6-9H,4-5,10-11H2,1-3H3,(H,18,19). The van der Waals surface area contributed by atoms with E-state index in [0.29, 0.717) is 12.2 Å². The first-order valence-corrected chi connectivity index (χ1v) is 6.76. The molecular weight excluding hydrogens is 256 g/mol. The van der Waals surface area contributed by atoms with Gasteiger partial charge in [0.25, 0.3) is 0 Å². The van der Waals surface area contributed by atoms with E-state index < -0.39 is 5.97 Å². The Morgan fingerprint density at radius 1 is 1.20 bits per heavy atom. The summed E-state index contributed by atoms with van der Waals surface area (Å²) in [6.07, 6.45) is 1.89. The number of rotatable bonds is 6. The third-order valence-electron chi connectivity index (χ3n) is 3.04. The summed E-state index contributed by atoms with van der Waals surface area (Å²) in [6.45, 7) is 4.28. The molecule has 0 saturated carbocycles. The van der Waals surface area contributed by atoms with Crippen molar-refractivity contribution in [1.82, 2.24) is 4.90 Å².